The van der Waals surface area contributed by atoms with Gasteiger partial charge >= 0.3 is 17.9 Å². The molecule has 50 heavy (non-hydrogen) atoms. The smallest absolute Gasteiger partial charge is 0.340 e. The third-order valence-corrected chi connectivity index (χ3v) is 7.73. The van der Waals surface area contributed by atoms with Crippen molar-refractivity contribution in [2.75, 3.05) is 21.3 Å². The van der Waals surface area contributed by atoms with Gasteiger partial charge in [-0.15, -0.1) is 0 Å². The quantitative estimate of drug-likeness (QED) is 0.139. The van der Waals surface area contributed by atoms with Crippen molar-refractivity contribution >= 4 is 39.7 Å². The first kappa shape index (κ1) is 34.8. The normalized spacial score (nSPS) is 10.5. The van der Waals surface area contributed by atoms with Gasteiger partial charge in [0.1, 0.15) is 6.07 Å². The summed E-state index contributed by atoms with van der Waals surface area (Å²) >= 11 is 0. The molecule has 250 valence electrons. The molecule has 0 saturated carbocycles. The Labute approximate surface area is 288 Å². The number of methoxy groups -OCH3 is 3. The summed E-state index contributed by atoms with van der Waals surface area (Å²) < 4.78 is 14.4. The van der Waals surface area contributed by atoms with Gasteiger partial charge in [-0.2, -0.15) is 5.26 Å². The van der Waals surface area contributed by atoms with Gasteiger partial charge in [-0.25, -0.2) is 14.4 Å². The third kappa shape index (κ3) is 8.11. The van der Waals surface area contributed by atoms with E-state index in [1.165, 1.54) is 21.3 Å². The monoisotopic (exact) mass is 667 g/mol. The Kier molecular flexibility index (Phi) is 10.8. The molecular formula is C39H33N5O6. The van der Waals surface area contributed by atoms with Crippen molar-refractivity contribution < 1.29 is 28.6 Å². The molecule has 0 bridgehead atoms. The van der Waals surface area contributed by atoms with Crippen LogP contribution in [0.1, 0.15) is 70.3 Å². The summed E-state index contributed by atoms with van der Waals surface area (Å²) in [4.78, 5) is 52.8. The Morgan fingerprint density at radius 1 is 0.620 bits per heavy atom. The van der Waals surface area contributed by atoms with Crippen LogP contribution in [0.25, 0.3) is 21.8 Å². The van der Waals surface area contributed by atoms with Crippen molar-refractivity contribution in [2.24, 2.45) is 0 Å². The number of carbonyl (C=O) groups is 3. The fraction of sp³-hybridized carbons (Fsp3) is 0.179. The van der Waals surface area contributed by atoms with Crippen LogP contribution in [0.4, 0.5) is 0 Å². The summed E-state index contributed by atoms with van der Waals surface area (Å²) in [7, 11) is 4.03. The largest absolute Gasteiger partial charge is 0.465 e. The van der Waals surface area contributed by atoms with Gasteiger partial charge in [0, 0.05) is 59.8 Å². The molecule has 0 unspecified atom stereocenters. The van der Waals surface area contributed by atoms with E-state index in [-0.39, 0.29) is 0 Å². The van der Waals surface area contributed by atoms with E-state index in [1.807, 2.05) is 44.2 Å². The predicted molar refractivity (Wildman–Crippen MR) is 186 cm³/mol. The van der Waals surface area contributed by atoms with Crippen LogP contribution in [0.5, 0.6) is 0 Å². The van der Waals surface area contributed by atoms with Gasteiger partial charge in [0.05, 0.1) is 54.6 Å². The Morgan fingerprint density at radius 2 is 1.10 bits per heavy atom. The molecule has 0 atom stereocenters. The number of ether oxygens (including phenoxy) is 3. The van der Waals surface area contributed by atoms with Crippen LogP contribution < -0.4 is 0 Å². The number of pyridine rings is 4. The zero-order chi connectivity index (χ0) is 35.8. The molecule has 0 fully saturated rings. The van der Waals surface area contributed by atoms with E-state index in [2.05, 4.69) is 26.0 Å². The summed E-state index contributed by atoms with van der Waals surface area (Å²) in [5, 5.41) is 11.2. The van der Waals surface area contributed by atoms with Crippen LogP contribution >= 0.6 is 0 Å². The van der Waals surface area contributed by atoms with Crippen LogP contribution in [0.2, 0.25) is 0 Å². The molecule has 2 aromatic carbocycles. The number of carbonyl (C=O) groups excluding carboxylic acids is 3. The van der Waals surface area contributed by atoms with E-state index in [4.69, 9.17) is 14.2 Å². The number of fused-ring (bicyclic) bond motifs is 2. The van der Waals surface area contributed by atoms with Gasteiger partial charge in [0.25, 0.3) is 0 Å². The van der Waals surface area contributed by atoms with Crippen molar-refractivity contribution in [3.8, 4) is 6.07 Å². The van der Waals surface area contributed by atoms with Gasteiger partial charge in [0.15, 0.2) is 0 Å². The summed E-state index contributed by atoms with van der Waals surface area (Å²) in [6.45, 7) is 3.91. The fourth-order valence-corrected chi connectivity index (χ4v) is 5.46. The lowest BCUT2D eigenvalue weighted by Gasteiger charge is -2.09. The average molecular weight is 668 g/mol. The lowest BCUT2D eigenvalue weighted by atomic mass is 10.0. The number of benzene rings is 2. The molecule has 6 rings (SSSR count). The molecule has 4 heterocycles. The number of aromatic nitrogens is 4. The van der Waals surface area contributed by atoms with Gasteiger partial charge < -0.3 is 14.2 Å². The maximum atomic E-state index is 12.2. The number of nitriles is 1. The molecule has 11 nitrogen and oxygen atoms in total. The molecule has 0 N–H and O–H groups in total. The van der Waals surface area contributed by atoms with Crippen molar-refractivity contribution in [3.63, 3.8) is 0 Å². The number of rotatable bonds is 7. The van der Waals surface area contributed by atoms with Gasteiger partial charge in [-0.1, -0.05) is 0 Å². The minimum absolute atomic E-state index is 0.394. The van der Waals surface area contributed by atoms with E-state index in [9.17, 15) is 19.6 Å². The average Bonchev–Trinajstić information content (AvgIpc) is 3.13. The maximum Gasteiger partial charge on any atom is 0.340 e. The summed E-state index contributed by atoms with van der Waals surface area (Å²) in [6.07, 6.45) is 7.59. The summed E-state index contributed by atoms with van der Waals surface area (Å²) in [5.41, 5.74) is 8.42. The number of nitrogens with zero attached hydrogens (tertiary/aromatic N) is 5. The van der Waals surface area contributed by atoms with Crippen molar-refractivity contribution in [2.45, 2.75) is 26.7 Å². The van der Waals surface area contributed by atoms with Gasteiger partial charge in [-0.05, 0) is 96.8 Å². The summed E-state index contributed by atoms with van der Waals surface area (Å²) in [6, 6.07) is 20.3. The second kappa shape index (κ2) is 15.6. The van der Waals surface area contributed by atoms with E-state index >= 15 is 0 Å². The highest BCUT2D eigenvalue weighted by atomic mass is 16.5. The number of hydrogen-bond acceptors (Lipinski definition) is 11. The topological polar surface area (TPSA) is 154 Å². The lowest BCUT2D eigenvalue weighted by molar-refractivity contribution is 0.0591. The minimum atomic E-state index is -0.440. The first-order valence-electron chi connectivity index (χ1n) is 15.5. The molecular weight excluding hydrogens is 634 g/mol. The highest BCUT2D eigenvalue weighted by Gasteiger charge is 2.15. The Bertz CT molecular complexity index is 2300. The number of esters is 3. The first-order valence-corrected chi connectivity index (χ1v) is 15.5. The molecule has 11 heteroatoms. The van der Waals surface area contributed by atoms with Crippen molar-refractivity contribution in [1.29, 1.82) is 5.26 Å². The second-order valence-corrected chi connectivity index (χ2v) is 11.5. The second-order valence-electron chi connectivity index (χ2n) is 11.5. The molecule has 6 aromatic rings. The van der Waals surface area contributed by atoms with Crippen LogP contribution in [0.15, 0.2) is 85.5 Å². The molecule has 0 spiro atoms. The Balaban J connectivity index is 0.000000195. The van der Waals surface area contributed by atoms with E-state index in [0.717, 1.165) is 38.7 Å². The first-order chi connectivity index (χ1) is 24.1. The number of hydrogen-bond donors (Lipinski definition) is 0. The highest BCUT2D eigenvalue weighted by molar-refractivity contribution is 6.03. The van der Waals surface area contributed by atoms with Crippen LogP contribution in [-0.4, -0.2) is 59.2 Å². The van der Waals surface area contributed by atoms with Crippen LogP contribution in [0, 0.1) is 25.2 Å². The standard InChI is InChI=1S/C20H18N2O4.C19H15N3O2/c1-12-6-15-7-13(9-17(20(24)26-3)18(15)22-11-12)8-16-10-14(4-5-21-16)19(23)25-2;1-12-5-15-6-13(7-16(10-20)18(15)22-11-12)8-17-9-14(3-4-21-17)19(23)24-2/h4-7,9-11H,8H2,1-3H3;3-7,9,11H,8H2,1-2H3. The molecule has 0 amide bonds. The van der Waals surface area contributed by atoms with Gasteiger partial charge in [0.2, 0.25) is 0 Å². The predicted octanol–water partition coefficient (Wildman–Crippen LogP) is 6.29. The molecule has 0 aliphatic heterocycles. The van der Waals surface area contributed by atoms with E-state index < -0.39 is 17.9 Å². The third-order valence-electron chi connectivity index (χ3n) is 7.73. The number of aryl methyl sites for hydroxylation is 2. The van der Waals surface area contributed by atoms with Crippen molar-refractivity contribution in [3.05, 3.63) is 141 Å². The zero-order valence-corrected chi connectivity index (χ0v) is 28.2. The van der Waals surface area contributed by atoms with Gasteiger partial charge in [-0.3, -0.25) is 19.9 Å². The molecule has 0 aliphatic rings. The lowest BCUT2D eigenvalue weighted by Crippen LogP contribution is -2.06. The maximum absolute atomic E-state index is 12.2. The fourth-order valence-electron chi connectivity index (χ4n) is 5.46. The van der Waals surface area contributed by atoms with Crippen LogP contribution in [0.3, 0.4) is 0 Å². The SMILES string of the molecule is COC(=O)c1ccnc(Cc2cc(C#N)c3ncc(C)cc3c2)c1.COC(=O)c1ccnc(Cc2cc(C(=O)OC)c3ncc(C)cc3c2)c1. The Hall–Kier alpha value is -6.54. The van der Waals surface area contributed by atoms with Crippen LogP contribution in [-0.2, 0) is 27.1 Å². The minimum Gasteiger partial charge on any atom is -0.465 e. The molecule has 0 saturated heterocycles. The summed E-state index contributed by atoms with van der Waals surface area (Å²) in [5.74, 6) is -1.25. The Morgan fingerprint density at radius 3 is 1.60 bits per heavy atom. The molecule has 4 aromatic heterocycles. The van der Waals surface area contributed by atoms with E-state index in [1.54, 1.807) is 55.1 Å². The zero-order valence-electron chi connectivity index (χ0n) is 28.2. The van der Waals surface area contributed by atoms with Crippen molar-refractivity contribution in [1.82, 2.24) is 19.9 Å². The molecule has 0 aliphatic carbocycles. The highest BCUT2D eigenvalue weighted by Crippen LogP contribution is 2.24. The van der Waals surface area contributed by atoms with E-state index in [0.29, 0.717) is 51.8 Å². The molecule has 0 radical (unpaired) electrons.